The zero-order valence-electron chi connectivity index (χ0n) is 18.8. The Morgan fingerprint density at radius 3 is 2.70 bits per heavy atom. The highest BCUT2D eigenvalue weighted by atomic mass is 19.1. The minimum Gasteiger partial charge on any atom is -0.477 e. The van der Waals surface area contributed by atoms with Gasteiger partial charge in [-0.15, -0.1) is 0 Å². The minimum atomic E-state index is -1.58. The maximum Gasteiger partial charge on any atom is 0.341 e. The van der Waals surface area contributed by atoms with E-state index in [1.165, 1.54) is 0 Å². The molecule has 4 aromatic rings. The first-order chi connectivity index (χ1) is 17.8. The first-order valence-corrected chi connectivity index (χ1v) is 11.1. The molecule has 1 saturated heterocycles. The first kappa shape index (κ1) is 22.7. The Bertz CT molecular complexity index is 1690. The molecule has 3 aromatic heterocycles. The summed E-state index contributed by atoms with van der Waals surface area (Å²) in [4.78, 5) is 40.4. The van der Waals surface area contributed by atoms with Gasteiger partial charge in [0.25, 0.3) is 0 Å². The standard InChI is InChI=1S/C25H16F3N5O4/c26-12-4-5-19(16(27)7-12)33-10-15(25(35)36)22(34)13-8-17(28)24(30-23(13)33)32-9-14-20(11-32)37-31-21(14)18-3-1-2-6-29-18/h1-8,10,20,31H,9,11H2,(H,35,36). The quantitative estimate of drug-likeness (QED) is 0.434. The molecule has 1 aromatic carbocycles. The Morgan fingerprint density at radius 1 is 1.14 bits per heavy atom. The van der Waals surface area contributed by atoms with Crippen molar-refractivity contribution in [1.82, 2.24) is 20.0 Å². The largest absolute Gasteiger partial charge is 0.477 e. The lowest BCUT2D eigenvalue weighted by molar-refractivity contribution is 0.0577. The molecule has 1 fully saturated rings. The molecule has 0 radical (unpaired) electrons. The Hall–Kier alpha value is -4.71. The van der Waals surface area contributed by atoms with E-state index in [9.17, 15) is 23.5 Å². The maximum atomic E-state index is 15.3. The van der Waals surface area contributed by atoms with E-state index < -0.39 is 40.5 Å². The third-order valence-corrected chi connectivity index (χ3v) is 6.29. The summed E-state index contributed by atoms with van der Waals surface area (Å²) in [6, 6.07) is 8.94. The lowest BCUT2D eigenvalue weighted by Gasteiger charge is -2.20. The number of hydrogen-bond donors (Lipinski definition) is 2. The molecule has 6 rings (SSSR count). The summed E-state index contributed by atoms with van der Waals surface area (Å²) in [5.74, 6) is -4.46. The van der Waals surface area contributed by atoms with Crippen LogP contribution >= 0.6 is 0 Å². The number of carboxylic acids is 1. The summed E-state index contributed by atoms with van der Waals surface area (Å²) in [7, 11) is 0. The number of hydroxylamine groups is 1. The van der Waals surface area contributed by atoms with Crippen LogP contribution in [0.1, 0.15) is 16.1 Å². The molecule has 2 aliphatic heterocycles. The van der Waals surface area contributed by atoms with Gasteiger partial charge in [0.05, 0.1) is 29.0 Å². The van der Waals surface area contributed by atoms with E-state index in [1.54, 1.807) is 23.2 Å². The number of benzene rings is 1. The molecular weight excluding hydrogens is 491 g/mol. The Balaban J connectivity index is 1.51. The number of fused-ring (bicyclic) bond motifs is 2. The average Bonchev–Trinajstić information content (AvgIpc) is 3.46. The molecule has 0 spiro atoms. The third-order valence-electron chi connectivity index (χ3n) is 6.29. The van der Waals surface area contributed by atoms with Crippen molar-refractivity contribution in [3.63, 3.8) is 0 Å². The fourth-order valence-corrected chi connectivity index (χ4v) is 4.56. The van der Waals surface area contributed by atoms with Crippen molar-refractivity contribution in [1.29, 1.82) is 0 Å². The van der Waals surface area contributed by atoms with Gasteiger partial charge >= 0.3 is 5.97 Å². The summed E-state index contributed by atoms with van der Waals surface area (Å²) in [5, 5.41) is 9.13. The van der Waals surface area contributed by atoms with Gasteiger partial charge in [-0.3, -0.25) is 24.7 Å². The molecule has 186 valence electrons. The number of aromatic nitrogens is 3. The van der Waals surface area contributed by atoms with Crippen molar-refractivity contribution in [2.45, 2.75) is 6.10 Å². The number of halogens is 3. The molecular formula is C25H16F3N5O4. The van der Waals surface area contributed by atoms with Crippen molar-refractivity contribution in [3.8, 4) is 5.69 Å². The van der Waals surface area contributed by atoms with Crippen LogP contribution in [0, 0.1) is 17.5 Å². The van der Waals surface area contributed by atoms with Crippen molar-refractivity contribution >= 4 is 28.5 Å². The van der Waals surface area contributed by atoms with E-state index >= 15 is 4.39 Å². The number of pyridine rings is 3. The minimum absolute atomic E-state index is 0.142. The second kappa shape index (κ2) is 8.45. The molecule has 0 bridgehead atoms. The van der Waals surface area contributed by atoms with Gasteiger partial charge < -0.3 is 10.0 Å². The molecule has 0 aliphatic carbocycles. The van der Waals surface area contributed by atoms with Gasteiger partial charge in [0, 0.05) is 30.6 Å². The molecule has 37 heavy (non-hydrogen) atoms. The Labute approximate surface area is 206 Å². The number of rotatable bonds is 4. The van der Waals surface area contributed by atoms with Crippen LogP contribution in [0.2, 0.25) is 0 Å². The molecule has 1 atom stereocenters. The van der Waals surface area contributed by atoms with Crippen LogP contribution in [0.5, 0.6) is 0 Å². The highest BCUT2D eigenvalue weighted by Gasteiger charge is 2.38. The van der Waals surface area contributed by atoms with Gasteiger partial charge in [-0.25, -0.2) is 22.9 Å². The van der Waals surface area contributed by atoms with Crippen LogP contribution in [0.15, 0.2) is 65.2 Å². The van der Waals surface area contributed by atoms with Crippen molar-refractivity contribution < 1.29 is 27.9 Å². The first-order valence-electron chi connectivity index (χ1n) is 11.1. The number of carboxylic acid groups (broad SMARTS) is 1. The summed E-state index contributed by atoms with van der Waals surface area (Å²) in [5.41, 5.74) is 2.84. The normalized spacial score (nSPS) is 16.8. The van der Waals surface area contributed by atoms with Crippen LogP contribution in [0.4, 0.5) is 19.0 Å². The molecule has 9 nitrogen and oxygen atoms in total. The van der Waals surface area contributed by atoms with Crippen LogP contribution in [-0.4, -0.2) is 44.8 Å². The topological polar surface area (TPSA) is 110 Å². The smallest absolute Gasteiger partial charge is 0.341 e. The van der Waals surface area contributed by atoms with Gasteiger partial charge in [-0.05, 0) is 30.3 Å². The monoisotopic (exact) mass is 507 g/mol. The third kappa shape index (κ3) is 3.69. The van der Waals surface area contributed by atoms with Gasteiger partial charge in [-0.2, -0.15) is 0 Å². The van der Waals surface area contributed by atoms with Gasteiger partial charge in [0.2, 0.25) is 5.43 Å². The average molecular weight is 507 g/mol. The Kier molecular flexibility index (Phi) is 5.19. The van der Waals surface area contributed by atoms with Crippen molar-refractivity contribution in [3.05, 3.63) is 99.4 Å². The van der Waals surface area contributed by atoms with Crippen molar-refractivity contribution in [2.24, 2.45) is 0 Å². The molecule has 2 aliphatic rings. The predicted octanol–water partition coefficient (Wildman–Crippen LogP) is 3.03. The van der Waals surface area contributed by atoms with Crippen LogP contribution in [0.3, 0.4) is 0 Å². The number of hydrogen-bond acceptors (Lipinski definition) is 7. The summed E-state index contributed by atoms with van der Waals surface area (Å²) in [6.07, 6.45) is 2.11. The molecule has 0 amide bonds. The maximum absolute atomic E-state index is 15.3. The highest BCUT2D eigenvalue weighted by molar-refractivity contribution is 5.92. The second-order valence-corrected chi connectivity index (χ2v) is 8.51. The van der Waals surface area contributed by atoms with E-state index in [2.05, 4.69) is 15.4 Å². The number of aromatic carboxylic acids is 1. The van der Waals surface area contributed by atoms with E-state index in [1.807, 2.05) is 6.07 Å². The molecule has 5 heterocycles. The van der Waals surface area contributed by atoms with E-state index in [0.29, 0.717) is 17.5 Å². The zero-order chi connectivity index (χ0) is 25.8. The summed E-state index contributed by atoms with van der Waals surface area (Å²) >= 11 is 0. The fourth-order valence-electron chi connectivity index (χ4n) is 4.56. The number of anilines is 1. The number of nitrogens with zero attached hydrogens (tertiary/aromatic N) is 4. The fraction of sp³-hybridized carbons (Fsp3) is 0.120. The van der Waals surface area contributed by atoms with Crippen LogP contribution in [-0.2, 0) is 4.84 Å². The van der Waals surface area contributed by atoms with E-state index in [4.69, 9.17) is 4.84 Å². The van der Waals surface area contributed by atoms with E-state index in [0.717, 1.165) is 34.5 Å². The molecule has 0 saturated carbocycles. The predicted molar refractivity (Wildman–Crippen MR) is 126 cm³/mol. The SMILES string of the molecule is O=C(O)c1cn(-c2ccc(F)cc2F)c2nc(N3CC4=C(c5ccccn5)NOC4C3)c(F)cc2c1=O. The lowest BCUT2D eigenvalue weighted by atomic mass is 10.1. The molecule has 12 heteroatoms. The van der Waals surface area contributed by atoms with Gasteiger partial charge in [0.1, 0.15) is 23.3 Å². The van der Waals surface area contributed by atoms with Crippen LogP contribution < -0.4 is 15.8 Å². The molecule has 1 unspecified atom stereocenters. The number of carbonyl (C=O) groups is 1. The zero-order valence-corrected chi connectivity index (χ0v) is 18.8. The van der Waals surface area contributed by atoms with Gasteiger partial charge in [0.15, 0.2) is 17.3 Å². The van der Waals surface area contributed by atoms with Crippen LogP contribution in [0.25, 0.3) is 22.4 Å². The Morgan fingerprint density at radius 2 is 1.97 bits per heavy atom. The van der Waals surface area contributed by atoms with Gasteiger partial charge in [-0.1, -0.05) is 6.07 Å². The molecule has 2 N–H and O–H groups in total. The highest BCUT2D eigenvalue weighted by Crippen LogP contribution is 2.34. The van der Waals surface area contributed by atoms with Crippen molar-refractivity contribution in [2.75, 3.05) is 18.0 Å². The summed E-state index contributed by atoms with van der Waals surface area (Å²) in [6.45, 7) is 0.442. The second-order valence-electron chi connectivity index (χ2n) is 8.51. The van der Waals surface area contributed by atoms with E-state index in [-0.39, 0.29) is 35.6 Å². The lowest BCUT2D eigenvalue weighted by Crippen LogP contribution is -2.27. The number of nitrogens with one attached hydrogen (secondary N) is 1. The summed E-state index contributed by atoms with van der Waals surface area (Å²) < 4.78 is 44.6.